The summed E-state index contributed by atoms with van der Waals surface area (Å²) in [4.78, 5) is 27.6. The van der Waals surface area contributed by atoms with Gasteiger partial charge in [-0.05, 0) is 57.4 Å². The number of amides is 2. The third-order valence-electron chi connectivity index (χ3n) is 7.53. The summed E-state index contributed by atoms with van der Waals surface area (Å²) in [5, 5.41) is 11.6. The van der Waals surface area contributed by atoms with Gasteiger partial charge in [-0.3, -0.25) is 9.59 Å². The smallest absolute Gasteiger partial charge is 0.276 e. The second-order valence-corrected chi connectivity index (χ2v) is 9.99. The average Bonchev–Trinajstić information content (AvgIpc) is 3.33. The van der Waals surface area contributed by atoms with E-state index in [0.29, 0.717) is 51.3 Å². The molecule has 3 aliphatic rings. The van der Waals surface area contributed by atoms with Crippen LogP contribution < -0.4 is 5.32 Å². The van der Waals surface area contributed by atoms with Crippen LogP contribution in [0.1, 0.15) is 78.4 Å². The number of nitrogens with zero attached hydrogens (tertiary/aromatic N) is 4. The van der Waals surface area contributed by atoms with E-state index in [1.54, 1.807) is 9.58 Å². The monoisotopic (exact) mass is 477 g/mol. The summed E-state index contributed by atoms with van der Waals surface area (Å²) >= 11 is 0. The molecule has 0 radical (unpaired) electrons. The van der Waals surface area contributed by atoms with Crippen molar-refractivity contribution in [2.45, 2.75) is 71.1 Å². The molecular weight excluding hydrogens is 442 g/mol. The molecule has 1 N–H and O–H groups in total. The Balaban J connectivity index is 1.12. The number of nitrogens with one attached hydrogen (secondary N) is 1. The number of aromatic nitrogens is 3. The molecule has 5 rings (SSSR count). The van der Waals surface area contributed by atoms with Crippen LogP contribution in [0.25, 0.3) is 0 Å². The Morgan fingerprint density at radius 3 is 2.69 bits per heavy atom. The molecule has 1 aromatic heterocycles. The molecule has 1 atom stereocenters. The number of piperidine rings is 1. The number of carbonyl (C=O) groups is 2. The molecule has 0 saturated carbocycles. The topological polar surface area (TPSA) is 89.4 Å². The van der Waals surface area contributed by atoms with Crippen molar-refractivity contribution in [3.05, 3.63) is 58.4 Å². The highest BCUT2D eigenvalue weighted by Crippen LogP contribution is 2.28. The lowest BCUT2D eigenvalue weighted by molar-refractivity contribution is -0.126. The summed E-state index contributed by atoms with van der Waals surface area (Å²) in [6.45, 7) is 4.73. The first-order valence-electron chi connectivity index (χ1n) is 12.9. The van der Waals surface area contributed by atoms with Crippen LogP contribution >= 0.6 is 0 Å². The molecule has 1 fully saturated rings. The van der Waals surface area contributed by atoms with Crippen LogP contribution in [0.2, 0.25) is 0 Å². The van der Waals surface area contributed by atoms with E-state index in [-0.39, 0.29) is 23.8 Å². The number of benzene rings is 1. The van der Waals surface area contributed by atoms with E-state index in [0.717, 1.165) is 17.7 Å². The predicted octanol–water partition coefficient (Wildman–Crippen LogP) is 3.72. The third kappa shape index (κ3) is 5.48. The zero-order valence-electron chi connectivity index (χ0n) is 20.5. The van der Waals surface area contributed by atoms with Crippen LogP contribution in [-0.2, 0) is 22.7 Å². The first-order chi connectivity index (χ1) is 17.1. The number of likely N-dealkylation sites (tertiary alicyclic amines) is 1. The minimum Gasteiger partial charge on any atom is -0.365 e. The zero-order valence-corrected chi connectivity index (χ0v) is 20.5. The molecule has 3 heterocycles. The fourth-order valence-corrected chi connectivity index (χ4v) is 5.28. The molecule has 35 heavy (non-hydrogen) atoms. The van der Waals surface area contributed by atoms with Gasteiger partial charge in [0.2, 0.25) is 5.91 Å². The van der Waals surface area contributed by atoms with E-state index in [2.05, 4.69) is 52.9 Å². The lowest BCUT2D eigenvalue weighted by Gasteiger charge is -2.31. The molecule has 1 unspecified atom stereocenters. The van der Waals surface area contributed by atoms with Gasteiger partial charge >= 0.3 is 0 Å². The number of allylic oxidation sites excluding steroid dienone is 1. The maximum atomic E-state index is 13.2. The van der Waals surface area contributed by atoms with Crippen LogP contribution in [0.3, 0.4) is 0 Å². The second-order valence-electron chi connectivity index (χ2n) is 9.99. The van der Waals surface area contributed by atoms with Crippen molar-refractivity contribution < 1.29 is 14.3 Å². The number of carbonyl (C=O) groups excluding carboxylic acids is 2. The fraction of sp³-hybridized carbons (Fsp3) is 0.556. The normalized spacial score (nSPS) is 20.8. The van der Waals surface area contributed by atoms with Gasteiger partial charge in [0.1, 0.15) is 6.10 Å². The maximum absolute atomic E-state index is 13.2. The summed E-state index contributed by atoms with van der Waals surface area (Å²) < 4.78 is 7.86. The average molecular weight is 478 g/mol. The van der Waals surface area contributed by atoms with E-state index in [9.17, 15) is 9.59 Å². The minimum absolute atomic E-state index is 0.0352. The maximum Gasteiger partial charge on any atom is 0.276 e. The van der Waals surface area contributed by atoms with Gasteiger partial charge in [0, 0.05) is 25.6 Å². The van der Waals surface area contributed by atoms with Crippen molar-refractivity contribution in [1.82, 2.24) is 25.2 Å². The van der Waals surface area contributed by atoms with Crippen LogP contribution in [0, 0.1) is 12.8 Å². The number of fused-ring (bicyclic) bond motifs is 1. The quantitative estimate of drug-likeness (QED) is 0.641. The molecule has 0 bridgehead atoms. The summed E-state index contributed by atoms with van der Waals surface area (Å²) in [7, 11) is 0. The van der Waals surface area contributed by atoms with Gasteiger partial charge in [0.15, 0.2) is 5.69 Å². The first kappa shape index (κ1) is 23.7. The Morgan fingerprint density at radius 2 is 1.94 bits per heavy atom. The molecule has 1 aliphatic carbocycles. The summed E-state index contributed by atoms with van der Waals surface area (Å²) in [6.07, 6.45) is 9.42. The van der Waals surface area contributed by atoms with Crippen molar-refractivity contribution in [3.8, 4) is 0 Å². The fourth-order valence-electron chi connectivity index (χ4n) is 5.28. The molecule has 0 spiro atoms. The summed E-state index contributed by atoms with van der Waals surface area (Å²) in [6, 6.07) is 8.29. The van der Waals surface area contributed by atoms with Crippen molar-refractivity contribution in [2.24, 2.45) is 5.92 Å². The predicted molar refractivity (Wildman–Crippen MR) is 132 cm³/mol. The highest BCUT2D eigenvalue weighted by molar-refractivity contribution is 5.93. The standard InChI is InChI=1S/C27H35N5O3/c1-19-7-9-21(10-8-19)24-17-32-23(18-35-24)25(29-30-32)27(34)31-15-12-22(13-16-31)26(33)28-14-11-20-5-3-2-4-6-20/h5,7-10,22,24H,2-4,6,11-18H2,1H3,(H,28,33). The molecule has 186 valence electrons. The van der Waals surface area contributed by atoms with Gasteiger partial charge in [-0.1, -0.05) is 46.7 Å². The summed E-state index contributed by atoms with van der Waals surface area (Å²) in [5.74, 6) is -0.0381. The lowest BCUT2D eigenvalue weighted by atomic mass is 9.95. The zero-order chi connectivity index (χ0) is 24.2. The number of rotatable bonds is 6. The Labute approximate surface area is 206 Å². The molecule has 2 aromatic rings. The Bertz CT molecular complexity index is 1080. The van der Waals surface area contributed by atoms with Gasteiger partial charge in [0.25, 0.3) is 5.91 Å². The van der Waals surface area contributed by atoms with Crippen LogP contribution in [0.5, 0.6) is 0 Å². The van der Waals surface area contributed by atoms with E-state index in [1.807, 2.05) is 0 Å². The highest BCUT2D eigenvalue weighted by Gasteiger charge is 2.33. The van der Waals surface area contributed by atoms with Crippen molar-refractivity contribution >= 4 is 11.8 Å². The van der Waals surface area contributed by atoms with Gasteiger partial charge in [-0.25, -0.2) is 4.68 Å². The van der Waals surface area contributed by atoms with E-state index in [4.69, 9.17) is 4.74 Å². The molecule has 1 saturated heterocycles. The number of hydrogen-bond donors (Lipinski definition) is 1. The van der Waals surface area contributed by atoms with E-state index >= 15 is 0 Å². The molecule has 2 aliphatic heterocycles. The van der Waals surface area contributed by atoms with Crippen LogP contribution in [-0.4, -0.2) is 51.3 Å². The first-order valence-corrected chi connectivity index (χ1v) is 12.9. The lowest BCUT2D eigenvalue weighted by Crippen LogP contribution is -2.43. The largest absolute Gasteiger partial charge is 0.365 e. The number of hydrogen-bond acceptors (Lipinski definition) is 5. The molecule has 1 aromatic carbocycles. The SMILES string of the molecule is Cc1ccc(C2Cn3nnc(C(=O)N4CCC(C(=O)NCCC5=CCCCC5)CC4)c3CO2)cc1. The number of ether oxygens (including phenoxy) is 1. The van der Waals surface area contributed by atoms with E-state index in [1.165, 1.54) is 36.8 Å². The van der Waals surface area contributed by atoms with Crippen LogP contribution in [0.15, 0.2) is 35.9 Å². The van der Waals surface area contributed by atoms with E-state index < -0.39 is 0 Å². The van der Waals surface area contributed by atoms with Crippen molar-refractivity contribution in [2.75, 3.05) is 19.6 Å². The molecular formula is C27H35N5O3. The molecule has 8 heteroatoms. The van der Waals surface area contributed by atoms with Crippen LogP contribution in [0.4, 0.5) is 0 Å². The van der Waals surface area contributed by atoms with Crippen molar-refractivity contribution in [3.63, 3.8) is 0 Å². The van der Waals surface area contributed by atoms with Gasteiger partial charge in [-0.15, -0.1) is 5.10 Å². The Morgan fingerprint density at radius 1 is 1.14 bits per heavy atom. The number of aryl methyl sites for hydroxylation is 1. The molecule has 2 amide bonds. The molecule has 8 nitrogen and oxygen atoms in total. The van der Waals surface area contributed by atoms with Gasteiger partial charge in [0.05, 0.1) is 18.8 Å². The highest BCUT2D eigenvalue weighted by atomic mass is 16.5. The van der Waals surface area contributed by atoms with Gasteiger partial charge in [-0.2, -0.15) is 0 Å². The third-order valence-corrected chi connectivity index (χ3v) is 7.53. The minimum atomic E-state index is -0.119. The second kappa shape index (κ2) is 10.7. The Hall–Kier alpha value is -3.00. The Kier molecular flexibility index (Phi) is 7.27. The van der Waals surface area contributed by atoms with Crippen molar-refractivity contribution in [1.29, 1.82) is 0 Å². The van der Waals surface area contributed by atoms with Gasteiger partial charge < -0.3 is 15.0 Å². The summed E-state index contributed by atoms with van der Waals surface area (Å²) in [5.41, 5.74) is 4.88.